The van der Waals surface area contributed by atoms with Crippen LogP contribution in [0.1, 0.15) is 31.4 Å². The molecule has 0 aromatic heterocycles. The molecule has 18 heavy (non-hydrogen) atoms. The number of hydrogen-bond donors (Lipinski definition) is 1. The molecule has 1 saturated carbocycles. The van der Waals surface area contributed by atoms with E-state index in [2.05, 4.69) is 5.32 Å². The Labute approximate surface area is 113 Å². The molecule has 1 aliphatic carbocycles. The van der Waals surface area contributed by atoms with Gasteiger partial charge in [-0.2, -0.15) is 0 Å². The van der Waals surface area contributed by atoms with Crippen LogP contribution in [0.15, 0.2) is 24.3 Å². The van der Waals surface area contributed by atoms with Crippen LogP contribution in [0.3, 0.4) is 0 Å². The fraction of sp³-hybridized carbons (Fsp3) is 0.500. The summed E-state index contributed by atoms with van der Waals surface area (Å²) in [7, 11) is 1.82. The second-order valence-corrected chi connectivity index (χ2v) is 5.40. The number of nitrogens with one attached hydrogen (secondary N) is 1. The van der Waals surface area contributed by atoms with Crippen molar-refractivity contribution in [3.8, 4) is 0 Å². The van der Waals surface area contributed by atoms with Gasteiger partial charge in [-0.15, -0.1) is 0 Å². The van der Waals surface area contributed by atoms with Gasteiger partial charge in [0.25, 0.3) is 0 Å². The molecule has 0 saturated heterocycles. The predicted octanol–water partition coefficient (Wildman–Crippen LogP) is 3.45. The maximum Gasteiger partial charge on any atom is 0.317 e. The van der Waals surface area contributed by atoms with E-state index in [0.29, 0.717) is 10.9 Å². The van der Waals surface area contributed by atoms with E-state index in [1.807, 2.05) is 38.2 Å². The van der Waals surface area contributed by atoms with Crippen molar-refractivity contribution in [1.82, 2.24) is 10.2 Å². The first-order chi connectivity index (χ1) is 8.58. The van der Waals surface area contributed by atoms with Gasteiger partial charge in [0.1, 0.15) is 0 Å². The van der Waals surface area contributed by atoms with Crippen molar-refractivity contribution in [3.05, 3.63) is 34.9 Å². The second kappa shape index (κ2) is 5.61. The molecular formula is C14H19ClN2O. The van der Waals surface area contributed by atoms with Gasteiger partial charge in [-0.3, -0.25) is 0 Å². The zero-order valence-corrected chi connectivity index (χ0v) is 11.6. The van der Waals surface area contributed by atoms with E-state index < -0.39 is 0 Å². The summed E-state index contributed by atoms with van der Waals surface area (Å²) in [5, 5.41) is 3.68. The van der Waals surface area contributed by atoms with Crippen molar-refractivity contribution in [3.63, 3.8) is 0 Å². The smallest absolute Gasteiger partial charge is 0.317 e. The molecule has 0 spiro atoms. The van der Waals surface area contributed by atoms with Crippen molar-refractivity contribution < 1.29 is 4.79 Å². The summed E-state index contributed by atoms with van der Waals surface area (Å²) in [6.07, 6.45) is 2.49. The molecule has 1 aromatic rings. The van der Waals surface area contributed by atoms with Crippen LogP contribution in [-0.2, 0) is 0 Å². The maximum atomic E-state index is 11.9. The van der Waals surface area contributed by atoms with Gasteiger partial charge >= 0.3 is 6.03 Å². The standard InChI is InChI=1S/C14H19ClN2O/c1-10(12-5-7-13(15)8-6-12)17(2)14(18)16-9-11-3-4-11/h5-8,10-11H,3-4,9H2,1-2H3,(H,16,18)/t10-/m0/s1. The highest BCUT2D eigenvalue weighted by Gasteiger charge is 2.23. The van der Waals surface area contributed by atoms with Crippen molar-refractivity contribution in [2.75, 3.05) is 13.6 Å². The van der Waals surface area contributed by atoms with Crippen LogP contribution in [0.5, 0.6) is 0 Å². The molecule has 4 heteroatoms. The Morgan fingerprint density at radius 2 is 2.06 bits per heavy atom. The Morgan fingerprint density at radius 3 is 2.61 bits per heavy atom. The molecule has 0 radical (unpaired) electrons. The van der Waals surface area contributed by atoms with E-state index in [0.717, 1.165) is 12.1 Å². The van der Waals surface area contributed by atoms with Crippen LogP contribution in [-0.4, -0.2) is 24.5 Å². The molecule has 0 heterocycles. The normalized spacial score (nSPS) is 16.2. The summed E-state index contributed by atoms with van der Waals surface area (Å²) in [4.78, 5) is 13.7. The molecule has 1 aromatic carbocycles. The predicted molar refractivity (Wildman–Crippen MR) is 73.8 cm³/mol. The molecule has 0 aliphatic heterocycles. The quantitative estimate of drug-likeness (QED) is 0.889. The Bertz CT molecular complexity index is 414. The highest BCUT2D eigenvalue weighted by Crippen LogP contribution is 2.27. The minimum atomic E-state index is -0.00986. The number of carbonyl (C=O) groups is 1. The van der Waals surface area contributed by atoms with Gasteiger partial charge in [-0.25, -0.2) is 4.79 Å². The van der Waals surface area contributed by atoms with Gasteiger partial charge in [0.2, 0.25) is 0 Å². The minimum absolute atomic E-state index is 0.00986. The van der Waals surface area contributed by atoms with Crippen LogP contribution in [0.2, 0.25) is 5.02 Å². The van der Waals surface area contributed by atoms with Gasteiger partial charge in [0, 0.05) is 18.6 Å². The van der Waals surface area contributed by atoms with Crippen LogP contribution in [0, 0.1) is 5.92 Å². The molecule has 2 rings (SSSR count). The van der Waals surface area contributed by atoms with Gasteiger partial charge in [0.05, 0.1) is 6.04 Å². The van der Waals surface area contributed by atoms with Crippen LogP contribution < -0.4 is 5.32 Å². The van der Waals surface area contributed by atoms with E-state index in [-0.39, 0.29) is 12.1 Å². The monoisotopic (exact) mass is 266 g/mol. The first-order valence-electron chi connectivity index (χ1n) is 6.34. The van der Waals surface area contributed by atoms with Crippen molar-refractivity contribution in [2.45, 2.75) is 25.8 Å². The molecule has 3 nitrogen and oxygen atoms in total. The third kappa shape index (κ3) is 3.39. The van der Waals surface area contributed by atoms with E-state index in [1.165, 1.54) is 12.8 Å². The largest absolute Gasteiger partial charge is 0.338 e. The molecule has 2 amide bonds. The summed E-state index contributed by atoms with van der Waals surface area (Å²) in [6.45, 7) is 2.82. The number of hydrogen-bond acceptors (Lipinski definition) is 1. The lowest BCUT2D eigenvalue weighted by Gasteiger charge is -2.25. The van der Waals surface area contributed by atoms with Crippen molar-refractivity contribution in [1.29, 1.82) is 0 Å². The number of carbonyl (C=O) groups excluding carboxylic acids is 1. The first-order valence-corrected chi connectivity index (χ1v) is 6.72. The van der Waals surface area contributed by atoms with Crippen LogP contribution >= 0.6 is 11.6 Å². The van der Waals surface area contributed by atoms with Crippen molar-refractivity contribution >= 4 is 17.6 Å². The average Bonchev–Trinajstić information content (AvgIpc) is 3.19. The fourth-order valence-corrected chi connectivity index (χ4v) is 1.95. The number of amides is 2. The molecule has 1 N–H and O–H groups in total. The molecular weight excluding hydrogens is 248 g/mol. The Kier molecular flexibility index (Phi) is 4.12. The Hall–Kier alpha value is -1.22. The lowest BCUT2D eigenvalue weighted by molar-refractivity contribution is 0.194. The van der Waals surface area contributed by atoms with Crippen LogP contribution in [0.4, 0.5) is 4.79 Å². The number of benzene rings is 1. The number of nitrogens with zero attached hydrogens (tertiary/aromatic N) is 1. The molecule has 1 atom stereocenters. The van der Waals surface area contributed by atoms with E-state index in [4.69, 9.17) is 11.6 Å². The average molecular weight is 267 g/mol. The van der Waals surface area contributed by atoms with E-state index >= 15 is 0 Å². The molecule has 0 bridgehead atoms. The van der Waals surface area contributed by atoms with Gasteiger partial charge in [-0.1, -0.05) is 23.7 Å². The number of urea groups is 1. The maximum absolute atomic E-state index is 11.9. The third-order valence-corrected chi connectivity index (χ3v) is 3.74. The van der Waals surface area contributed by atoms with Gasteiger partial charge < -0.3 is 10.2 Å². The zero-order valence-electron chi connectivity index (χ0n) is 10.8. The SMILES string of the molecule is C[C@@H](c1ccc(Cl)cc1)N(C)C(=O)NCC1CC1. The van der Waals surface area contributed by atoms with Crippen LogP contribution in [0.25, 0.3) is 0 Å². The molecule has 98 valence electrons. The Balaban J connectivity index is 1.91. The zero-order chi connectivity index (χ0) is 13.1. The van der Waals surface area contributed by atoms with Crippen molar-refractivity contribution in [2.24, 2.45) is 5.92 Å². The third-order valence-electron chi connectivity index (χ3n) is 3.49. The summed E-state index contributed by atoms with van der Waals surface area (Å²) in [6, 6.07) is 7.65. The topological polar surface area (TPSA) is 32.3 Å². The number of rotatable bonds is 4. The summed E-state index contributed by atoms with van der Waals surface area (Å²) < 4.78 is 0. The fourth-order valence-electron chi connectivity index (χ4n) is 1.82. The highest BCUT2D eigenvalue weighted by molar-refractivity contribution is 6.30. The highest BCUT2D eigenvalue weighted by atomic mass is 35.5. The Morgan fingerprint density at radius 1 is 1.44 bits per heavy atom. The molecule has 1 aliphatic rings. The summed E-state index contributed by atoms with van der Waals surface area (Å²) in [5.74, 6) is 0.702. The lowest BCUT2D eigenvalue weighted by atomic mass is 10.1. The second-order valence-electron chi connectivity index (χ2n) is 4.97. The lowest BCUT2D eigenvalue weighted by Crippen LogP contribution is -2.39. The number of halogens is 1. The van der Waals surface area contributed by atoms with E-state index in [9.17, 15) is 4.79 Å². The molecule has 1 fully saturated rings. The molecule has 0 unspecified atom stereocenters. The summed E-state index contributed by atoms with van der Waals surface area (Å²) >= 11 is 5.86. The van der Waals surface area contributed by atoms with Gasteiger partial charge in [-0.05, 0) is 43.4 Å². The summed E-state index contributed by atoms with van der Waals surface area (Å²) in [5.41, 5.74) is 1.09. The first kappa shape index (κ1) is 13.2. The van der Waals surface area contributed by atoms with Gasteiger partial charge in [0.15, 0.2) is 0 Å². The van der Waals surface area contributed by atoms with E-state index in [1.54, 1.807) is 4.90 Å². The minimum Gasteiger partial charge on any atom is -0.338 e.